The van der Waals surface area contributed by atoms with Gasteiger partial charge in [-0.2, -0.15) is 0 Å². The minimum Gasteiger partial charge on any atom is -0.378 e. The molecular weight excluding hydrogens is 250 g/mol. The van der Waals surface area contributed by atoms with Crippen LogP contribution in [0.25, 0.3) is 0 Å². The molecule has 1 amide bonds. The molecule has 1 aliphatic rings. The van der Waals surface area contributed by atoms with Crippen LogP contribution in [0.15, 0.2) is 6.07 Å². The zero-order valence-electron chi connectivity index (χ0n) is 8.99. The average molecular weight is 262 g/mol. The summed E-state index contributed by atoms with van der Waals surface area (Å²) in [6.07, 6.45) is -2.58. The van der Waals surface area contributed by atoms with E-state index in [9.17, 15) is 13.6 Å². The van der Waals surface area contributed by atoms with E-state index in [0.717, 1.165) is 11.3 Å². The molecule has 7 heteroatoms. The second kappa shape index (κ2) is 4.97. The van der Waals surface area contributed by atoms with Gasteiger partial charge in [0.25, 0.3) is 12.3 Å². The van der Waals surface area contributed by atoms with E-state index in [1.807, 2.05) is 4.90 Å². The van der Waals surface area contributed by atoms with Crippen molar-refractivity contribution in [3.05, 3.63) is 15.8 Å². The summed E-state index contributed by atoms with van der Waals surface area (Å²) in [7, 11) is 0. The molecule has 1 aromatic rings. The maximum atomic E-state index is 12.6. The lowest BCUT2D eigenvalue weighted by Gasteiger charge is -2.28. The van der Waals surface area contributed by atoms with Gasteiger partial charge in [0.05, 0.1) is 23.8 Å². The van der Waals surface area contributed by atoms with Gasteiger partial charge in [0.1, 0.15) is 4.88 Å². The fourth-order valence-electron chi connectivity index (χ4n) is 1.72. The fraction of sp³-hybridized carbons (Fsp3) is 0.500. The lowest BCUT2D eigenvalue weighted by Crippen LogP contribution is -2.37. The number of hydrogen-bond acceptors (Lipinski definition) is 4. The molecule has 0 aliphatic carbocycles. The molecule has 0 unspecified atom stereocenters. The van der Waals surface area contributed by atoms with Gasteiger partial charge < -0.3 is 15.4 Å². The molecule has 1 aromatic heterocycles. The minimum atomic E-state index is -2.58. The normalized spacial score (nSPS) is 16.5. The van der Waals surface area contributed by atoms with Gasteiger partial charge in [0, 0.05) is 13.1 Å². The molecule has 1 saturated heterocycles. The number of morpholine rings is 1. The number of carbonyl (C=O) groups is 1. The van der Waals surface area contributed by atoms with Crippen molar-refractivity contribution in [2.24, 2.45) is 5.73 Å². The lowest BCUT2D eigenvalue weighted by atomic mass is 10.3. The molecule has 4 nitrogen and oxygen atoms in total. The Labute approximate surface area is 101 Å². The van der Waals surface area contributed by atoms with Crippen LogP contribution in [-0.4, -0.2) is 32.2 Å². The van der Waals surface area contributed by atoms with Gasteiger partial charge in [-0.25, -0.2) is 8.78 Å². The Morgan fingerprint density at radius 1 is 1.47 bits per heavy atom. The number of amides is 1. The third kappa shape index (κ3) is 2.55. The van der Waals surface area contributed by atoms with E-state index in [0.29, 0.717) is 32.0 Å². The van der Waals surface area contributed by atoms with Crippen molar-refractivity contribution in [1.82, 2.24) is 0 Å². The molecule has 0 spiro atoms. The molecule has 0 radical (unpaired) electrons. The van der Waals surface area contributed by atoms with Gasteiger partial charge in [-0.3, -0.25) is 4.79 Å². The first-order chi connectivity index (χ1) is 8.09. The molecule has 2 rings (SSSR count). The van der Waals surface area contributed by atoms with Crippen LogP contribution in [0, 0.1) is 0 Å². The van der Waals surface area contributed by atoms with E-state index in [2.05, 4.69) is 0 Å². The number of thiophene rings is 1. The molecule has 0 saturated carbocycles. The molecule has 1 aliphatic heterocycles. The smallest absolute Gasteiger partial charge is 0.272 e. The number of nitrogens with two attached hydrogens (primary N) is 1. The molecule has 94 valence electrons. The van der Waals surface area contributed by atoms with Gasteiger partial charge in [-0.05, 0) is 6.07 Å². The molecule has 0 bridgehead atoms. The second-order valence-electron chi connectivity index (χ2n) is 3.63. The van der Waals surface area contributed by atoms with E-state index in [-0.39, 0.29) is 9.75 Å². The van der Waals surface area contributed by atoms with Crippen molar-refractivity contribution in [3.63, 3.8) is 0 Å². The Bertz CT molecular complexity index is 416. The molecule has 0 aromatic carbocycles. The average Bonchev–Trinajstić information content (AvgIpc) is 2.75. The molecular formula is C10H12F2N2O2S. The first-order valence-corrected chi connectivity index (χ1v) is 5.95. The highest BCUT2D eigenvalue weighted by Crippen LogP contribution is 2.35. The number of ether oxygens (including phenoxy) is 1. The van der Waals surface area contributed by atoms with Gasteiger partial charge in [-0.15, -0.1) is 11.3 Å². The highest BCUT2D eigenvalue weighted by atomic mass is 32.1. The monoisotopic (exact) mass is 262 g/mol. The first-order valence-electron chi connectivity index (χ1n) is 5.14. The summed E-state index contributed by atoms with van der Waals surface area (Å²) in [5.74, 6) is -0.664. The van der Waals surface area contributed by atoms with Crippen LogP contribution in [0.4, 0.5) is 14.5 Å². The van der Waals surface area contributed by atoms with Gasteiger partial charge in [0.15, 0.2) is 0 Å². The Morgan fingerprint density at radius 3 is 2.65 bits per heavy atom. The Hall–Kier alpha value is -1.21. The molecule has 2 N–H and O–H groups in total. The van der Waals surface area contributed by atoms with Crippen molar-refractivity contribution in [2.45, 2.75) is 6.43 Å². The van der Waals surface area contributed by atoms with Crippen molar-refractivity contribution in [2.75, 3.05) is 31.2 Å². The van der Waals surface area contributed by atoms with Crippen LogP contribution >= 0.6 is 11.3 Å². The van der Waals surface area contributed by atoms with E-state index in [1.54, 1.807) is 0 Å². The number of primary amides is 1. The number of carbonyl (C=O) groups excluding carboxylic acids is 1. The maximum absolute atomic E-state index is 12.6. The van der Waals surface area contributed by atoms with Gasteiger partial charge >= 0.3 is 0 Å². The van der Waals surface area contributed by atoms with E-state index >= 15 is 0 Å². The fourth-order valence-corrected chi connectivity index (χ4v) is 2.61. The Kier molecular flexibility index (Phi) is 3.58. The third-order valence-corrected chi connectivity index (χ3v) is 3.67. The second-order valence-corrected chi connectivity index (χ2v) is 4.71. The summed E-state index contributed by atoms with van der Waals surface area (Å²) in [4.78, 5) is 13.2. The summed E-state index contributed by atoms with van der Waals surface area (Å²) in [6, 6.07) is 1.35. The number of anilines is 1. The van der Waals surface area contributed by atoms with Crippen LogP contribution in [0.5, 0.6) is 0 Å². The zero-order chi connectivity index (χ0) is 12.4. The summed E-state index contributed by atoms with van der Waals surface area (Å²) in [6.45, 7) is 2.22. The minimum absolute atomic E-state index is 0.125. The summed E-state index contributed by atoms with van der Waals surface area (Å²) >= 11 is 0.762. The topological polar surface area (TPSA) is 55.6 Å². The van der Waals surface area contributed by atoms with Crippen LogP contribution in [0.3, 0.4) is 0 Å². The number of rotatable bonds is 3. The van der Waals surface area contributed by atoms with Gasteiger partial charge in [0.2, 0.25) is 0 Å². The quantitative estimate of drug-likeness (QED) is 0.900. The Morgan fingerprint density at radius 2 is 2.12 bits per heavy atom. The summed E-state index contributed by atoms with van der Waals surface area (Å²) < 4.78 is 30.4. The van der Waals surface area contributed by atoms with Crippen LogP contribution < -0.4 is 10.6 Å². The predicted octanol–water partition coefficient (Wildman–Crippen LogP) is 1.62. The van der Waals surface area contributed by atoms with E-state index in [1.165, 1.54) is 6.07 Å². The number of alkyl halides is 2. The third-order valence-electron chi connectivity index (χ3n) is 2.52. The standard InChI is InChI=1S/C10H12F2N2O2S/c11-9(12)7-5-6(8(17-7)10(13)15)14-1-3-16-4-2-14/h5,9H,1-4H2,(H2,13,15). The number of nitrogens with zero attached hydrogens (tertiary/aromatic N) is 1. The number of hydrogen-bond donors (Lipinski definition) is 1. The van der Waals surface area contributed by atoms with Crippen molar-refractivity contribution >= 4 is 22.9 Å². The molecule has 1 fully saturated rings. The zero-order valence-corrected chi connectivity index (χ0v) is 9.80. The van der Waals surface area contributed by atoms with Crippen LogP contribution in [0.2, 0.25) is 0 Å². The molecule has 0 atom stereocenters. The molecule has 2 heterocycles. The largest absolute Gasteiger partial charge is 0.378 e. The predicted molar refractivity (Wildman–Crippen MR) is 60.8 cm³/mol. The highest BCUT2D eigenvalue weighted by molar-refractivity contribution is 7.14. The van der Waals surface area contributed by atoms with E-state index in [4.69, 9.17) is 10.5 Å². The maximum Gasteiger partial charge on any atom is 0.272 e. The van der Waals surface area contributed by atoms with Crippen molar-refractivity contribution < 1.29 is 18.3 Å². The van der Waals surface area contributed by atoms with Crippen LogP contribution in [0.1, 0.15) is 21.0 Å². The van der Waals surface area contributed by atoms with E-state index < -0.39 is 12.3 Å². The molecule has 17 heavy (non-hydrogen) atoms. The summed E-state index contributed by atoms with van der Waals surface area (Å²) in [5.41, 5.74) is 5.70. The first kappa shape index (κ1) is 12.3. The Balaban J connectivity index is 2.32. The summed E-state index contributed by atoms with van der Waals surface area (Å²) in [5, 5.41) is 0. The SMILES string of the molecule is NC(=O)c1sc(C(F)F)cc1N1CCOCC1. The highest BCUT2D eigenvalue weighted by Gasteiger charge is 2.23. The van der Waals surface area contributed by atoms with Crippen LogP contribution in [-0.2, 0) is 4.74 Å². The van der Waals surface area contributed by atoms with Crippen molar-refractivity contribution in [1.29, 1.82) is 0 Å². The van der Waals surface area contributed by atoms with Crippen molar-refractivity contribution in [3.8, 4) is 0 Å². The van der Waals surface area contributed by atoms with Gasteiger partial charge in [-0.1, -0.05) is 0 Å². The number of halogens is 2. The lowest BCUT2D eigenvalue weighted by molar-refractivity contribution is 0.100.